The van der Waals surface area contributed by atoms with E-state index in [1.807, 2.05) is 36.6 Å². The van der Waals surface area contributed by atoms with Crippen LogP contribution in [0.4, 0.5) is 0 Å². The number of thiophene rings is 1. The van der Waals surface area contributed by atoms with Crippen molar-refractivity contribution in [1.82, 2.24) is 15.6 Å². The average Bonchev–Trinajstić information content (AvgIpc) is 3.27. The predicted molar refractivity (Wildman–Crippen MR) is 133 cm³/mol. The maximum Gasteiger partial charge on any atom is 0.254 e. The molecule has 2 aromatic carbocycles. The lowest BCUT2D eigenvalue weighted by Crippen LogP contribution is -2.32. The number of hydrogen-bond donors (Lipinski definition) is 3. The van der Waals surface area contributed by atoms with E-state index >= 15 is 0 Å². The van der Waals surface area contributed by atoms with Crippen molar-refractivity contribution < 1.29 is 19.4 Å². The van der Waals surface area contributed by atoms with Gasteiger partial charge in [0.15, 0.2) is 6.23 Å². The first-order valence-electron chi connectivity index (χ1n) is 10.5. The van der Waals surface area contributed by atoms with Gasteiger partial charge in [-0.15, -0.1) is 11.3 Å². The highest BCUT2D eigenvalue weighted by Crippen LogP contribution is 2.34. The van der Waals surface area contributed by atoms with Crippen molar-refractivity contribution in [2.45, 2.75) is 13.2 Å². The van der Waals surface area contributed by atoms with Gasteiger partial charge >= 0.3 is 0 Å². The third-order valence-corrected chi connectivity index (χ3v) is 6.41. The summed E-state index contributed by atoms with van der Waals surface area (Å²) < 4.78 is 6.97. The third kappa shape index (κ3) is 5.20. The Morgan fingerprint density at radius 1 is 1.15 bits per heavy atom. The first-order valence-corrected chi connectivity index (χ1v) is 11.8. The molecule has 0 aliphatic rings. The smallest absolute Gasteiger partial charge is 0.254 e. The standard InChI is InChI=1S/C25H22ClN3O4S/c1-15-5-2-3-8-21(15)33-25(29-23(31)16-6-4-7-17(26)11-16)20-14-34-22-18(20)12-27-13-19(22)24(32)28-9-10-30/h2-8,11-14,25,30H,9-10H2,1H3,(H,28,32)(H,29,31)/t25-/m0/s1. The number of aliphatic hydroxyl groups is 1. The van der Waals surface area contributed by atoms with Gasteiger partial charge in [-0.2, -0.15) is 0 Å². The molecule has 174 valence electrons. The number of rotatable bonds is 8. The van der Waals surface area contributed by atoms with E-state index in [1.54, 1.807) is 30.5 Å². The lowest BCUT2D eigenvalue weighted by molar-refractivity contribution is 0.0828. The molecule has 2 amide bonds. The molecule has 7 nitrogen and oxygen atoms in total. The topological polar surface area (TPSA) is 101 Å². The van der Waals surface area contributed by atoms with Gasteiger partial charge in [-0.3, -0.25) is 14.6 Å². The summed E-state index contributed by atoms with van der Waals surface area (Å²) in [6, 6.07) is 14.2. The largest absolute Gasteiger partial charge is 0.466 e. The Hall–Kier alpha value is -3.46. The van der Waals surface area contributed by atoms with Crippen molar-refractivity contribution in [3.8, 4) is 5.75 Å². The molecule has 1 atom stereocenters. The van der Waals surface area contributed by atoms with Gasteiger partial charge in [-0.1, -0.05) is 35.9 Å². The van der Waals surface area contributed by atoms with Gasteiger partial charge in [0.05, 0.1) is 16.9 Å². The van der Waals surface area contributed by atoms with Crippen LogP contribution in [0.25, 0.3) is 10.1 Å². The van der Waals surface area contributed by atoms with E-state index in [2.05, 4.69) is 15.6 Å². The van der Waals surface area contributed by atoms with E-state index < -0.39 is 6.23 Å². The second kappa shape index (κ2) is 10.6. The number of fused-ring (bicyclic) bond motifs is 1. The second-order valence-electron chi connectivity index (χ2n) is 7.48. The van der Waals surface area contributed by atoms with Crippen LogP contribution in [0.15, 0.2) is 66.3 Å². The van der Waals surface area contributed by atoms with Crippen molar-refractivity contribution in [1.29, 1.82) is 0 Å². The van der Waals surface area contributed by atoms with Gasteiger partial charge in [0.1, 0.15) is 5.75 Å². The molecule has 0 bridgehead atoms. The normalized spacial score (nSPS) is 11.7. The molecular weight excluding hydrogens is 474 g/mol. The van der Waals surface area contributed by atoms with Gasteiger partial charge in [-0.25, -0.2) is 0 Å². The summed E-state index contributed by atoms with van der Waals surface area (Å²) in [5, 5.41) is 17.6. The molecule has 0 unspecified atom stereocenters. The summed E-state index contributed by atoms with van der Waals surface area (Å²) in [5.74, 6) is -0.0758. The Kier molecular flexibility index (Phi) is 7.42. The molecule has 0 fully saturated rings. The van der Waals surface area contributed by atoms with Crippen molar-refractivity contribution in [3.05, 3.63) is 93.6 Å². The van der Waals surface area contributed by atoms with Crippen LogP contribution >= 0.6 is 22.9 Å². The van der Waals surface area contributed by atoms with E-state index in [0.29, 0.717) is 37.5 Å². The van der Waals surface area contributed by atoms with Crippen LogP contribution in [0, 0.1) is 6.92 Å². The maximum absolute atomic E-state index is 13.1. The zero-order valence-corrected chi connectivity index (χ0v) is 19.8. The van der Waals surface area contributed by atoms with Gasteiger partial charge < -0.3 is 20.5 Å². The number of aliphatic hydroxyl groups excluding tert-OH is 1. The van der Waals surface area contributed by atoms with Crippen LogP contribution in [0.1, 0.15) is 38.1 Å². The Morgan fingerprint density at radius 3 is 2.74 bits per heavy atom. The fourth-order valence-electron chi connectivity index (χ4n) is 3.42. The van der Waals surface area contributed by atoms with Crippen LogP contribution in [0.3, 0.4) is 0 Å². The highest BCUT2D eigenvalue weighted by Gasteiger charge is 2.24. The van der Waals surface area contributed by atoms with E-state index in [4.69, 9.17) is 21.4 Å². The molecule has 3 N–H and O–H groups in total. The van der Waals surface area contributed by atoms with Crippen molar-refractivity contribution in [3.63, 3.8) is 0 Å². The highest BCUT2D eigenvalue weighted by atomic mass is 35.5. The number of nitrogens with zero attached hydrogens (tertiary/aromatic N) is 1. The fraction of sp³-hybridized carbons (Fsp3) is 0.160. The number of nitrogens with one attached hydrogen (secondary N) is 2. The Morgan fingerprint density at radius 2 is 1.97 bits per heavy atom. The summed E-state index contributed by atoms with van der Waals surface area (Å²) in [6.45, 7) is 1.90. The summed E-state index contributed by atoms with van der Waals surface area (Å²) in [5.41, 5.74) is 2.36. The minimum atomic E-state index is -0.848. The number of para-hydroxylation sites is 1. The number of aromatic nitrogens is 1. The molecule has 0 radical (unpaired) electrons. The van der Waals surface area contributed by atoms with Gasteiger partial charge in [-0.05, 0) is 36.8 Å². The molecule has 0 aliphatic carbocycles. The van der Waals surface area contributed by atoms with E-state index in [9.17, 15) is 9.59 Å². The minimum absolute atomic E-state index is 0.141. The number of aryl methyl sites for hydroxylation is 1. The van der Waals surface area contributed by atoms with Crippen LogP contribution in [0.5, 0.6) is 5.75 Å². The average molecular weight is 496 g/mol. The van der Waals surface area contributed by atoms with Crippen LogP contribution < -0.4 is 15.4 Å². The van der Waals surface area contributed by atoms with Crippen LogP contribution in [-0.4, -0.2) is 35.1 Å². The molecule has 0 spiro atoms. The Bertz CT molecular complexity index is 1340. The summed E-state index contributed by atoms with van der Waals surface area (Å²) in [4.78, 5) is 29.8. The van der Waals surface area contributed by atoms with E-state index in [-0.39, 0.29) is 25.0 Å². The maximum atomic E-state index is 13.1. The molecule has 0 saturated carbocycles. The molecule has 4 rings (SSSR count). The van der Waals surface area contributed by atoms with E-state index in [0.717, 1.165) is 5.56 Å². The van der Waals surface area contributed by atoms with Crippen LogP contribution in [-0.2, 0) is 0 Å². The number of benzene rings is 2. The summed E-state index contributed by atoms with van der Waals surface area (Å²) >= 11 is 7.42. The summed E-state index contributed by atoms with van der Waals surface area (Å²) in [6.07, 6.45) is 2.28. The SMILES string of the molecule is Cc1ccccc1O[C@H](NC(=O)c1cccc(Cl)c1)c1csc2c(C(=O)NCCO)cncc12. The third-order valence-electron chi connectivity index (χ3n) is 5.12. The number of halogens is 1. The number of amides is 2. The molecule has 4 aromatic rings. The lowest BCUT2D eigenvalue weighted by atomic mass is 10.1. The van der Waals surface area contributed by atoms with Crippen molar-refractivity contribution >= 4 is 44.8 Å². The monoisotopic (exact) mass is 495 g/mol. The first-order chi connectivity index (χ1) is 16.5. The molecule has 34 heavy (non-hydrogen) atoms. The van der Waals surface area contributed by atoms with Crippen LogP contribution in [0.2, 0.25) is 5.02 Å². The fourth-order valence-corrected chi connectivity index (χ4v) is 4.67. The Labute approximate surface area is 205 Å². The lowest BCUT2D eigenvalue weighted by Gasteiger charge is -2.21. The molecular formula is C25H22ClN3O4S. The first kappa shape index (κ1) is 23.7. The quantitative estimate of drug-likeness (QED) is 0.313. The molecule has 2 aromatic heterocycles. The number of carbonyl (C=O) groups is 2. The van der Waals surface area contributed by atoms with Crippen molar-refractivity contribution in [2.24, 2.45) is 0 Å². The molecule has 0 saturated heterocycles. The molecule has 2 heterocycles. The minimum Gasteiger partial charge on any atom is -0.466 e. The molecule has 0 aliphatic heterocycles. The van der Waals surface area contributed by atoms with Gasteiger partial charge in [0.2, 0.25) is 0 Å². The van der Waals surface area contributed by atoms with Crippen molar-refractivity contribution in [2.75, 3.05) is 13.2 Å². The summed E-state index contributed by atoms with van der Waals surface area (Å²) in [7, 11) is 0. The van der Waals surface area contributed by atoms with Gasteiger partial charge in [0.25, 0.3) is 11.8 Å². The highest BCUT2D eigenvalue weighted by molar-refractivity contribution is 7.17. The molecule has 9 heteroatoms. The van der Waals surface area contributed by atoms with E-state index in [1.165, 1.54) is 17.5 Å². The number of pyridine rings is 1. The second-order valence-corrected chi connectivity index (χ2v) is 8.80. The number of hydrogen-bond acceptors (Lipinski definition) is 6. The number of carbonyl (C=O) groups excluding carboxylic acids is 2. The number of ether oxygens (including phenoxy) is 1. The zero-order valence-electron chi connectivity index (χ0n) is 18.2. The Balaban J connectivity index is 1.73. The predicted octanol–water partition coefficient (Wildman–Crippen LogP) is 4.49. The van der Waals surface area contributed by atoms with Gasteiger partial charge in [0, 0.05) is 45.9 Å². The zero-order chi connectivity index (χ0) is 24.1.